The van der Waals surface area contributed by atoms with Gasteiger partial charge in [0, 0.05) is 39.3 Å². The first kappa shape index (κ1) is 14.3. The zero-order chi connectivity index (χ0) is 12.8. The van der Waals surface area contributed by atoms with E-state index in [9.17, 15) is 0 Å². The van der Waals surface area contributed by atoms with Crippen LogP contribution in [-0.2, 0) is 4.74 Å². The van der Waals surface area contributed by atoms with Crippen LogP contribution in [0, 0.1) is 0 Å². The third-order valence-electron chi connectivity index (χ3n) is 4.09. The maximum Gasteiger partial charge on any atom is 0.0707 e. The lowest BCUT2D eigenvalue weighted by molar-refractivity contribution is 0.0134. The molecule has 0 aliphatic carbocycles. The van der Waals surface area contributed by atoms with Crippen LogP contribution in [0.3, 0.4) is 0 Å². The van der Waals surface area contributed by atoms with E-state index in [2.05, 4.69) is 22.0 Å². The summed E-state index contributed by atoms with van der Waals surface area (Å²) in [6.07, 6.45) is 4.66. The van der Waals surface area contributed by atoms with E-state index in [1.165, 1.54) is 52.0 Å². The molecule has 2 atom stereocenters. The van der Waals surface area contributed by atoms with E-state index in [1.807, 2.05) is 7.05 Å². The van der Waals surface area contributed by atoms with Crippen molar-refractivity contribution in [3.63, 3.8) is 0 Å². The molecule has 0 aromatic rings. The molecule has 4 heteroatoms. The van der Waals surface area contributed by atoms with Crippen LogP contribution in [0.15, 0.2) is 0 Å². The Bertz CT molecular complexity index is 229. The minimum atomic E-state index is 0.446. The predicted octanol–water partition coefficient (Wildman–Crippen LogP) is 0.781. The number of rotatable bonds is 6. The van der Waals surface area contributed by atoms with Gasteiger partial charge in [-0.2, -0.15) is 0 Å². The quantitative estimate of drug-likeness (QED) is 0.759. The first-order valence-electron chi connectivity index (χ1n) is 7.56. The number of ether oxygens (including phenoxy) is 1. The molecule has 0 aromatic heterocycles. The summed E-state index contributed by atoms with van der Waals surface area (Å²) in [6, 6.07) is 0. The van der Waals surface area contributed by atoms with E-state index in [1.54, 1.807) is 0 Å². The molecule has 2 rings (SSSR count). The summed E-state index contributed by atoms with van der Waals surface area (Å²) >= 11 is 0. The van der Waals surface area contributed by atoms with Gasteiger partial charge in [-0.15, -0.1) is 0 Å². The Morgan fingerprint density at radius 2 is 1.72 bits per heavy atom. The fourth-order valence-electron chi connectivity index (χ4n) is 3.09. The molecule has 1 N–H and O–H groups in total. The Kier molecular flexibility index (Phi) is 5.89. The van der Waals surface area contributed by atoms with Crippen molar-refractivity contribution in [2.75, 3.05) is 52.9 Å². The van der Waals surface area contributed by atoms with Gasteiger partial charge in [-0.1, -0.05) is 6.92 Å². The summed E-state index contributed by atoms with van der Waals surface area (Å²) in [6.45, 7) is 10.6. The van der Waals surface area contributed by atoms with Gasteiger partial charge >= 0.3 is 0 Å². The summed E-state index contributed by atoms with van der Waals surface area (Å²) in [5, 5.41) is 3.21. The lowest BCUT2D eigenvalue weighted by Crippen LogP contribution is -2.48. The van der Waals surface area contributed by atoms with Crippen molar-refractivity contribution in [1.29, 1.82) is 0 Å². The second-order valence-corrected chi connectivity index (χ2v) is 5.66. The fraction of sp³-hybridized carbons (Fsp3) is 1.00. The average molecular weight is 255 g/mol. The molecule has 0 aromatic carbocycles. The predicted molar refractivity (Wildman–Crippen MR) is 75.0 cm³/mol. The van der Waals surface area contributed by atoms with Crippen molar-refractivity contribution >= 4 is 0 Å². The lowest BCUT2D eigenvalue weighted by atomic mass is 10.2. The average Bonchev–Trinajstić information content (AvgIpc) is 2.80. The second kappa shape index (κ2) is 7.43. The minimum Gasteiger partial charge on any atom is -0.372 e. The number of nitrogens with zero attached hydrogens (tertiary/aromatic N) is 2. The highest BCUT2D eigenvalue weighted by Crippen LogP contribution is 2.20. The molecule has 4 nitrogen and oxygen atoms in total. The lowest BCUT2D eigenvalue weighted by Gasteiger charge is -2.35. The van der Waals surface area contributed by atoms with E-state index in [-0.39, 0.29) is 0 Å². The smallest absolute Gasteiger partial charge is 0.0707 e. The van der Waals surface area contributed by atoms with Gasteiger partial charge in [-0.25, -0.2) is 0 Å². The van der Waals surface area contributed by atoms with Gasteiger partial charge < -0.3 is 15.0 Å². The molecule has 2 heterocycles. The molecule has 2 saturated heterocycles. The number of hydrogen-bond donors (Lipinski definition) is 1. The Morgan fingerprint density at radius 3 is 2.39 bits per heavy atom. The van der Waals surface area contributed by atoms with Crippen molar-refractivity contribution in [3.05, 3.63) is 0 Å². The van der Waals surface area contributed by atoms with Gasteiger partial charge in [0.15, 0.2) is 0 Å². The second-order valence-electron chi connectivity index (χ2n) is 5.66. The van der Waals surface area contributed by atoms with Crippen LogP contribution in [0.2, 0.25) is 0 Å². The zero-order valence-corrected chi connectivity index (χ0v) is 12.0. The SMILES string of the molecule is CCCN1CCN(CC2CCC(CNC)O2)CC1. The summed E-state index contributed by atoms with van der Waals surface area (Å²) in [4.78, 5) is 5.16. The van der Waals surface area contributed by atoms with Gasteiger partial charge in [0.1, 0.15) is 0 Å². The highest BCUT2D eigenvalue weighted by molar-refractivity contribution is 4.80. The molecule has 0 radical (unpaired) electrons. The van der Waals surface area contributed by atoms with E-state index < -0.39 is 0 Å². The number of hydrogen-bond acceptors (Lipinski definition) is 4. The minimum absolute atomic E-state index is 0.446. The van der Waals surface area contributed by atoms with Crippen LogP contribution < -0.4 is 5.32 Å². The Hall–Kier alpha value is -0.160. The summed E-state index contributed by atoms with van der Waals surface area (Å²) in [7, 11) is 2.00. The molecule has 2 unspecified atom stereocenters. The summed E-state index contributed by atoms with van der Waals surface area (Å²) in [5.41, 5.74) is 0. The molecular formula is C14H29N3O. The van der Waals surface area contributed by atoms with Gasteiger partial charge in [-0.3, -0.25) is 4.90 Å². The number of nitrogens with one attached hydrogen (secondary N) is 1. The molecular weight excluding hydrogens is 226 g/mol. The molecule has 2 aliphatic rings. The molecule has 0 spiro atoms. The first-order valence-corrected chi connectivity index (χ1v) is 7.56. The highest BCUT2D eigenvalue weighted by Gasteiger charge is 2.27. The summed E-state index contributed by atoms with van der Waals surface area (Å²) < 4.78 is 6.06. The van der Waals surface area contributed by atoms with Crippen LogP contribution in [0.5, 0.6) is 0 Å². The summed E-state index contributed by atoms with van der Waals surface area (Å²) in [5.74, 6) is 0. The molecule has 18 heavy (non-hydrogen) atoms. The first-order chi connectivity index (χ1) is 8.81. The largest absolute Gasteiger partial charge is 0.372 e. The molecule has 106 valence electrons. The van der Waals surface area contributed by atoms with Gasteiger partial charge in [0.05, 0.1) is 12.2 Å². The van der Waals surface area contributed by atoms with Crippen molar-refractivity contribution in [2.45, 2.75) is 38.4 Å². The van der Waals surface area contributed by atoms with E-state index in [0.717, 1.165) is 13.1 Å². The molecule has 0 amide bonds. The van der Waals surface area contributed by atoms with Crippen LogP contribution in [0.1, 0.15) is 26.2 Å². The van der Waals surface area contributed by atoms with Crippen LogP contribution in [0.4, 0.5) is 0 Å². The monoisotopic (exact) mass is 255 g/mol. The van der Waals surface area contributed by atoms with Crippen LogP contribution >= 0.6 is 0 Å². The maximum absolute atomic E-state index is 6.06. The van der Waals surface area contributed by atoms with E-state index in [4.69, 9.17) is 4.74 Å². The van der Waals surface area contributed by atoms with Crippen LogP contribution in [-0.4, -0.2) is 74.9 Å². The normalized spacial score (nSPS) is 31.0. The number of piperazine rings is 1. The Morgan fingerprint density at radius 1 is 1.06 bits per heavy atom. The Labute approximate surface area is 112 Å². The fourth-order valence-corrected chi connectivity index (χ4v) is 3.09. The van der Waals surface area contributed by atoms with Crippen molar-refractivity contribution < 1.29 is 4.74 Å². The molecule has 0 saturated carbocycles. The van der Waals surface area contributed by atoms with Crippen molar-refractivity contribution in [2.24, 2.45) is 0 Å². The van der Waals surface area contributed by atoms with Crippen LogP contribution in [0.25, 0.3) is 0 Å². The molecule has 0 bridgehead atoms. The van der Waals surface area contributed by atoms with Gasteiger partial charge in [-0.05, 0) is 32.9 Å². The van der Waals surface area contributed by atoms with Crippen molar-refractivity contribution in [3.8, 4) is 0 Å². The maximum atomic E-state index is 6.06. The molecule has 2 aliphatic heterocycles. The Balaban J connectivity index is 1.63. The topological polar surface area (TPSA) is 27.7 Å². The van der Waals surface area contributed by atoms with Crippen molar-refractivity contribution in [1.82, 2.24) is 15.1 Å². The zero-order valence-electron chi connectivity index (χ0n) is 12.0. The number of likely N-dealkylation sites (N-methyl/N-ethyl adjacent to an activating group) is 1. The highest BCUT2D eigenvalue weighted by atomic mass is 16.5. The van der Waals surface area contributed by atoms with E-state index in [0.29, 0.717) is 12.2 Å². The third kappa shape index (κ3) is 4.19. The van der Waals surface area contributed by atoms with Gasteiger partial charge in [0.25, 0.3) is 0 Å². The van der Waals surface area contributed by atoms with E-state index >= 15 is 0 Å². The van der Waals surface area contributed by atoms with Gasteiger partial charge in [0.2, 0.25) is 0 Å². The standard InChI is InChI=1S/C14H29N3O/c1-3-6-16-7-9-17(10-8-16)12-14-5-4-13(18-14)11-15-2/h13-15H,3-12H2,1-2H3. The third-order valence-corrected chi connectivity index (χ3v) is 4.09. The molecule has 2 fully saturated rings.